The Morgan fingerprint density at radius 2 is 1.84 bits per heavy atom. The molecule has 1 aromatic carbocycles. The van der Waals surface area contributed by atoms with Crippen molar-refractivity contribution >= 4 is 0 Å². The molecule has 104 valence electrons. The van der Waals surface area contributed by atoms with Crippen molar-refractivity contribution in [1.29, 1.82) is 0 Å². The van der Waals surface area contributed by atoms with E-state index in [4.69, 9.17) is 9.47 Å². The maximum atomic E-state index is 5.59. The quantitative estimate of drug-likeness (QED) is 0.854. The number of hydrogen-bond acceptors (Lipinski definition) is 3. The zero-order valence-electron chi connectivity index (χ0n) is 12.1. The van der Waals surface area contributed by atoms with Crippen molar-refractivity contribution < 1.29 is 9.47 Å². The largest absolute Gasteiger partial charge is 0.496 e. The minimum absolute atomic E-state index is 0.273. The van der Waals surface area contributed by atoms with E-state index in [-0.39, 0.29) is 5.41 Å². The van der Waals surface area contributed by atoms with Gasteiger partial charge in [0.2, 0.25) is 0 Å². The summed E-state index contributed by atoms with van der Waals surface area (Å²) in [5.74, 6) is 1.97. The van der Waals surface area contributed by atoms with Gasteiger partial charge < -0.3 is 14.8 Å². The highest BCUT2D eigenvalue weighted by molar-refractivity contribution is 5.51. The van der Waals surface area contributed by atoms with Crippen LogP contribution < -0.4 is 14.8 Å². The smallest absolute Gasteiger partial charge is 0.123 e. The Kier molecular flexibility index (Phi) is 3.17. The Morgan fingerprint density at radius 3 is 2.37 bits per heavy atom. The third kappa shape index (κ3) is 2.44. The predicted molar refractivity (Wildman–Crippen MR) is 76.2 cm³/mol. The van der Waals surface area contributed by atoms with E-state index in [0.29, 0.717) is 0 Å². The Labute approximate surface area is 115 Å². The Morgan fingerprint density at radius 1 is 1.16 bits per heavy atom. The topological polar surface area (TPSA) is 30.5 Å². The highest BCUT2D eigenvalue weighted by Gasteiger charge is 2.47. The van der Waals surface area contributed by atoms with Crippen molar-refractivity contribution in [3.05, 3.63) is 23.3 Å². The fourth-order valence-corrected chi connectivity index (χ4v) is 2.78. The summed E-state index contributed by atoms with van der Waals surface area (Å²) in [5, 5.41) is 3.66. The van der Waals surface area contributed by atoms with Gasteiger partial charge in [0.15, 0.2) is 0 Å². The van der Waals surface area contributed by atoms with Gasteiger partial charge in [-0.25, -0.2) is 0 Å². The van der Waals surface area contributed by atoms with Gasteiger partial charge >= 0.3 is 0 Å². The predicted octanol–water partition coefficient (Wildman–Crippen LogP) is 2.80. The van der Waals surface area contributed by atoms with Gasteiger partial charge in [-0.2, -0.15) is 0 Å². The summed E-state index contributed by atoms with van der Waals surface area (Å²) in [6.07, 6.45) is 5.17. The van der Waals surface area contributed by atoms with Crippen molar-refractivity contribution in [3.63, 3.8) is 0 Å². The molecule has 3 nitrogen and oxygen atoms in total. The van der Waals surface area contributed by atoms with Crippen LogP contribution in [-0.4, -0.2) is 26.8 Å². The molecule has 0 heterocycles. The SMILES string of the molecule is COc1cc(C2(CNC3CC3)CC2)c(OC)cc1C. The molecule has 0 aromatic heterocycles. The number of benzene rings is 1. The van der Waals surface area contributed by atoms with E-state index in [9.17, 15) is 0 Å². The minimum atomic E-state index is 0.273. The highest BCUT2D eigenvalue weighted by Crippen LogP contribution is 2.52. The number of ether oxygens (including phenoxy) is 2. The van der Waals surface area contributed by atoms with Gasteiger partial charge in [-0.3, -0.25) is 0 Å². The summed E-state index contributed by atoms with van der Waals surface area (Å²) in [6.45, 7) is 3.13. The van der Waals surface area contributed by atoms with Gasteiger partial charge in [0.25, 0.3) is 0 Å². The number of rotatable bonds is 6. The summed E-state index contributed by atoms with van der Waals surface area (Å²) >= 11 is 0. The minimum Gasteiger partial charge on any atom is -0.496 e. The average Bonchev–Trinajstić information content (AvgIpc) is 3.29. The molecule has 0 radical (unpaired) electrons. The highest BCUT2D eigenvalue weighted by atomic mass is 16.5. The molecule has 19 heavy (non-hydrogen) atoms. The van der Waals surface area contributed by atoms with Crippen LogP contribution in [0.15, 0.2) is 12.1 Å². The lowest BCUT2D eigenvalue weighted by Crippen LogP contribution is -2.28. The molecule has 2 saturated carbocycles. The van der Waals surface area contributed by atoms with Crippen LogP contribution in [0.4, 0.5) is 0 Å². The molecular formula is C16H23NO2. The molecule has 0 saturated heterocycles. The summed E-state index contributed by atoms with van der Waals surface area (Å²) < 4.78 is 11.1. The van der Waals surface area contributed by atoms with Crippen molar-refractivity contribution in [2.75, 3.05) is 20.8 Å². The first-order chi connectivity index (χ1) is 9.18. The van der Waals surface area contributed by atoms with E-state index >= 15 is 0 Å². The van der Waals surface area contributed by atoms with Crippen LogP contribution >= 0.6 is 0 Å². The number of aryl methyl sites for hydroxylation is 1. The average molecular weight is 261 g/mol. The van der Waals surface area contributed by atoms with Crippen molar-refractivity contribution in [3.8, 4) is 11.5 Å². The van der Waals surface area contributed by atoms with Gasteiger partial charge in [-0.15, -0.1) is 0 Å². The molecule has 2 aliphatic rings. The summed E-state index contributed by atoms with van der Waals surface area (Å²) in [7, 11) is 3.50. The first-order valence-electron chi connectivity index (χ1n) is 7.15. The lowest BCUT2D eigenvalue weighted by Gasteiger charge is -2.21. The molecule has 3 heteroatoms. The van der Waals surface area contributed by atoms with Crippen LogP contribution in [0.25, 0.3) is 0 Å². The van der Waals surface area contributed by atoms with Gasteiger partial charge in [0.1, 0.15) is 11.5 Å². The second-order valence-electron chi connectivity index (χ2n) is 5.96. The van der Waals surface area contributed by atoms with E-state index in [1.54, 1.807) is 14.2 Å². The molecule has 2 aliphatic carbocycles. The summed E-state index contributed by atoms with van der Waals surface area (Å²) in [6, 6.07) is 5.04. The first kappa shape index (κ1) is 12.8. The van der Waals surface area contributed by atoms with E-state index in [1.165, 1.54) is 31.2 Å². The van der Waals surface area contributed by atoms with Crippen molar-refractivity contribution in [1.82, 2.24) is 5.32 Å². The second-order valence-corrected chi connectivity index (χ2v) is 5.96. The fraction of sp³-hybridized carbons (Fsp3) is 0.625. The molecule has 1 aromatic rings. The number of hydrogen-bond donors (Lipinski definition) is 1. The summed E-state index contributed by atoms with van der Waals surface area (Å²) in [5.41, 5.74) is 2.72. The third-order valence-corrected chi connectivity index (χ3v) is 4.45. The lowest BCUT2D eigenvalue weighted by molar-refractivity contribution is 0.389. The Hall–Kier alpha value is -1.22. The van der Waals surface area contributed by atoms with Crippen LogP contribution in [0.3, 0.4) is 0 Å². The maximum absolute atomic E-state index is 5.59. The fourth-order valence-electron chi connectivity index (χ4n) is 2.78. The second kappa shape index (κ2) is 4.71. The molecule has 0 aliphatic heterocycles. The molecule has 0 amide bonds. The molecule has 0 bridgehead atoms. The standard InChI is InChI=1S/C16H23NO2/c1-11-8-15(19-3)13(9-14(11)18-2)16(6-7-16)10-17-12-4-5-12/h8-9,12,17H,4-7,10H2,1-3H3. The third-order valence-electron chi connectivity index (χ3n) is 4.45. The van der Waals surface area contributed by atoms with Crippen LogP contribution in [0.5, 0.6) is 11.5 Å². The van der Waals surface area contributed by atoms with E-state index in [2.05, 4.69) is 24.4 Å². The summed E-state index contributed by atoms with van der Waals surface area (Å²) in [4.78, 5) is 0. The lowest BCUT2D eigenvalue weighted by atomic mass is 9.93. The zero-order valence-corrected chi connectivity index (χ0v) is 12.1. The van der Waals surface area contributed by atoms with Crippen LogP contribution in [0.1, 0.15) is 36.8 Å². The number of methoxy groups -OCH3 is 2. The molecule has 1 N–H and O–H groups in total. The van der Waals surface area contributed by atoms with Crippen LogP contribution in [-0.2, 0) is 5.41 Å². The normalized spacial score (nSPS) is 20.2. The molecular weight excluding hydrogens is 238 g/mol. The van der Waals surface area contributed by atoms with Crippen LogP contribution in [0.2, 0.25) is 0 Å². The van der Waals surface area contributed by atoms with Crippen LogP contribution in [0, 0.1) is 6.92 Å². The maximum Gasteiger partial charge on any atom is 0.123 e. The van der Waals surface area contributed by atoms with Gasteiger partial charge in [-0.1, -0.05) is 0 Å². The van der Waals surface area contributed by atoms with E-state index in [1.807, 2.05) is 0 Å². The zero-order chi connectivity index (χ0) is 13.5. The van der Waals surface area contributed by atoms with E-state index in [0.717, 1.165) is 29.6 Å². The molecule has 0 atom stereocenters. The molecule has 2 fully saturated rings. The Balaban J connectivity index is 1.88. The molecule has 0 unspecified atom stereocenters. The molecule has 3 rings (SSSR count). The number of nitrogens with one attached hydrogen (secondary N) is 1. The van der Waals surface area contributed by atoms with Gasteiger partial charge in [0, 0.05) is 23.6 Å². The van der Waals surface area contributed by atoms with Crippen molar-refractivity contribution in [2.45, 2.75) is 44.1 Å². The van der Waals surface area contributed by atoms with E-state index < -0.39 is 0 Å². The van der Waals surface area contributed by atoms with Gasteiger partial charge in [0.05, 0.1) is 14.2 Å². The Bertz CT molecular complexity index is 476. The first-order valence-corrected chi connectivity index (χ1v) is 7.15. The van der Waals surface area contributed by atoms with Gasteiger partial charge in [-0.05, 0) is 50.3 Å². The molecule has 0 spiro atoms. The monoisotopic (exact) mass is 261 g/mol. The van der Waals surface area contributed by atoms with Crippen molar-refractivity contribution in [2.24, 2.45) is 0 Å².